The largest absolute Gasteiger partial charge is 0.391 e. The second-order valence-corrected chi connectivity index (χ2v) is 14.2. The summed E-state index contributed by atoms with van der Waals surface area (Å²) < 4.78 is 26.4. The molecule has 5 atom stereocenters. The van der Waals surface area contributed by atoms with Gasteiger partial charge in [0.2, 0.25) is 11.8 Å². The number of hydrogen-bond acceptors (Lipinski definition) is 7. The third kappa shape index (κ3) is 4.25. The number of sulfone groups is 1. The Kier molecular flexibility index (Phi) is 5.78. The molecule has 3 aliphatic heterocycles. The molecule has 11 heteroatoms. The number of nitrogens with one attached hydrogen (secondary N) is 1. The fourth-order valence-corrected chi connectivity index (χ4v) is 8.42. The molecule has 0 spiro atoms. The molecule has 4 aliphatic rings. The maximum absolute atomic E-state index is 13.8. The Labute approximate surface area is 200 Å². The lowest BCUT2D eigenvalue weighted by Gasteiger charge is -2.35. The van der Waals surface area contributed by atoms with Crippen LogP contribution in [0.5, 0.6) is 0 Å². The normalized spacial score (nSPS) is 33.6. The van der Waals surface area contributed by atoms with E-state index in [-0.39, 0.29) is 41.3 Å². The molecular weight excluding hydrogens is 458 g/mol. The number of carbonyl (C=O) groups excluding carboxylic acids is 2. The molecule has 3 saturated heterocycles. The molecule has 4 heterocycles. The minimum atomic E-state index is -3.08. The quantitative estimate of drug-likeness (QED) is 0.623. The molecular formula is C23H35N5O5S. The van der Waals surface area contributed by atoms with Gasteiger partial charge in [0.1, 0.15) is 12.1 Å². The van der Waals surface area contributed by atoms with Crippen LogP contribution < -0.4 is 5.32 Å². The van der Waals surface area contributed by atoms with Crippen LogP contribution in [0.4, 0.5) is 0 Å². The first-order valence-corrected chi connectivity index (χ1v) is 14.0. The number of amides is 2. The lowest BCUT2D eigenvalue weighted by Crippen LogP contribution is -2.53. The van der Waals surface area contributed by atoms with Gasteiger partial charge in [-0.1, -0.05) is 26.0 Å². The zero-order chi connectivity index (χ0) is 24.4. The highest BCUT2D eigenvalue weighted by Crippen LogP contribution is 2.41. The fraction of sp³-hybridized carbons (Fsp3) is 0.826. The van der Waals surface area contributed by atoms with Gasteiger partial charge in [0.05, 0.1) is 22.3 Å². The van der Waals surface area contributed by atoms with Crippen LogP contribution in [0.15, 0.2) is 6.20 Å². The fourth-order valence-electron chi connectivity index (χ4n) is 5.95. The molecule has 1 aromatic rings. The molecule has 0 radical (unpaired) electrons. The standard InChI is InChI=1S/C23H35N5O5S/c1-23(2,3)20(28-12-18(25-26-28)13-4-5-13)22(31)27-11-15(29)10-19(27)21(30)24-14-8-16-6-7-17(9-14)34(16,32)33/h12-17,19-20,29H,4-11H2,1-3H3,(H,24,30)/t14?,15-,16?,17?,19+,20-/m1/s1. The van der Waals surface area contributed by atoms with Gasteiger partial charge in [0.15, 0.2) is 9.84 Å². The van der Waals surface area contributed by atoms with Crippen LogP contribution in [-0.2, 0) is 19.4 Å². The van der Waals surface area contributed by atoms with Gasteiger partial charge >= 0.3 is 0 Å². The summed E-state index contributed by atoms with van der Waals surface area (Å²) in [6.45, 7) is 5.94. The Morgan fingerprint density at radius 2 is 1.76 bits per heavy atom. The van der Waals surface area contributed by atoms with Gasteiger partial charge < -0.3 is 15.3 Å². The van der Waals surface area contributed by atoms with E-state index in [1.807, 2.05) is 27.0 Å². The first-order chi connectivity index (χ1) is 15.9. The van der Waals surface area contributed by atoms with Gasteiger partial charge in [-0.05, 0) is 43.9 Å². The molecule has 2 N–H and O–H groups in total. The molecule has 5 rings (SSSR count). The van der Waals surface area contributed by atoms with Gasteiger partial charge in [-0.2, -0.15) is 0 Å². The van der Waals surface area contributed by atoms with Crippen molar-refractivity contribution in [1.29, 1.82) is 0 Å². The Balaban J connectivity index is 1.33. The van der Waals surface area contributed by atoms with Crippen molar-refractivity contribution in [1.82, 2.24) is 25.2 Å². The summed E-state index contributed by atoms with van der Waals surface area (Å²) in [4.78, 5) is 28.6. The number of aliphatic hydroxyl groups excluding tert-OH is 1. The molecule has 4 fully saturated rings. The van der Waals surface area contributed by atoms with Crippen LogP contribution >= 0.6 is 0 Å². The molecule has 1 saturated carbocycles. The highest BCUT2D eigenvalue weighted by atomic mass is 32.2. The van der Waals surface area contributed by atoms with Crippen LogP contribution in [0.1, 0.15) is 83.4 Å². The Bertz CT molecular complexity index is 1060. The lowest BCUT2D eigenvalue weighted by atomic mass is 9.85. The summed E-state index contributed by atoms with van der Waals surface area (Å²) in [7, 11) is -3.08. The molecule has 1 aromatic heterocycles. The average Bonchev–Trinajstić information content (AvgIpc) is 3.33. The van der Waals surface area contributed by atoms with Crippen molar-refractivity contribution in [3.05, 3.63) is 11.9 Å². The van der Waals surface area contributed by atoms with E-state index in [4.69, 9.17) is 0 Å². The summed E-state index contributed by atoms with van der Waals surface area (Å²) in [5.74, 6) is -0.174. The second kappa shape index (κ2) is 8.29. The molecule has 10 nitrogen and oxygen atoms in total. The van der Waals surface area contributed by atoms with Crippen LogP contribution in [-0.4, -0.2) is 80.5 Å². The van der Waals surface area contributed by atoms with Gasteiger partial charge in [-0.25, -0.2) is 13.1 Å². The molecule has 1 aliphatic carbocycles. The molecule has 34 heavy (non-hydrogen) atoms. The Morgan fingerprint density at radius 3 is 2.35 bits per heavy atom. The molecule has 188 valence electrons. The molecule has 0 aromatic carbocycles. The predicted molar refractivity (Wildman–Crippen MR) is 124 cm³/mol. The van der Waals surface area contributed by atoms with Crippen molar-refractivity contribution >= 4 is 21.7 Å². The first-order valence-electron chi connectivity index (χ1n) is 12.4. The monoisotopic (exact) mass is 493 g/mol. The van der Waals surface area contributed by atoms with E-state index < -0.39 is 33.4 Å². The number of fused-ring (bicyclic) bond motifs is 2. The maximum atomic E-state index is 13.8. The minimum absolute atomic E-state index is 0.0813. The number of nitrogens with zero attached hydrogens (tertiary/aromatic N) is 4. The Hall–Kier alpha value is -2.01. The van der Waals surface area contributed by atoms with E-state index in [1.54, 1.807) is 4.68 Å². The second-order valence-electron chi connectivity index (χ2n) is 11.6. The summed E-state index contributed by atoms with van der Waals surface area (Å²) in [5, 5.41) is 21.1. The van der Waals surface area contributed by atoms with E-state index in [0.29, 0.717) is 31.6 Å². The van der Waals surface area contributed by atoms with Crippen molar-refractivity contribution in [2.45, 2.75) is 106 Å². The van der Waals surface area contributed by atoms with Gasteiger partial charge in [0, 0.05) is 31.1 Å². The summed E-state index contributed by atoms with van der Waals surface area (Å²) in [6, 6.07) is -1.68. The van der Waals surface area contributed by atoms with Crippen LogP contribution in [0.25, 0.3) is 0 Å². The number of β-amino-alcohol motifs (C(OH)–C–C–N with tert-alkyl or cyclic N) is 1. The minimum Gasteiger partial charge on any atom is -0.391 e. The van der Waals surface area contributed by atoms with Crippen molar-refractivity contribution in [2.24, 2.45) is 5.41 Å². The Morgan fingerprint density at radius 1 is 1.12 bits per heavy atom. The highest BCUT2D eigenvalue weighted by molar-refractivity contribution is 7.93. The summed E-state index contributed by atoms with van der Waals surface area (Å²) >= 11 is 0. The van der Waals surface area contributed by atoms with Crippen molar-refractivity contribution < 1.29 is 23.1 Å². The number of carbonyl (C=O) groups is 2. The van der Waals surface area contributed by atoms with E-state index >= 15 is 0 Å². The van der Waals surface area contributed by atoms with E-state index in [1.165, 1.54) is 4.90 Å². The van der Waals surface area contributed by atoms with Crippen LogP contribution in [0, 0.1) is 5.41 Å². The molecule has 2 bridgehead atoms. The third-order valence-corrected chi connectivity index (χ3v) is 10.6. The molecule has 2 unspecified atom stereocenters. The number of aromatic nitrogens is 3. The van der Waals surface area contributed by atoms with Crippen LogP contribution in [0.2, 0.25) is 0 Å². The zero-order valence-electron chi connectivity index (χ0n) is 20.1. The van der Waals surface area contributed by atoms with E-state index in [0.717, 1.165) is 18.5 Å². The lowest BCUT2D eigenvalue weighted by molar-refractivity contribution is -0.144. The van der Waals surface area contributed by atoms with Crippen molar-refractivity contribution in [3.8, 4) is 0 Å². The smallest absolute Gasteiger partial charge is 0.248 e. The van der Waals surface area contributed by atoms with Crippen molar-refractivity contribution in [2.75, 3.05) is 6.54 Å². The molecule has 2 amide bonds. The SMILES string of the molecule is CC(C)(C)[C@@H](C(=O)N1C[C@H](O)C[C@H]1C(=O)NC1CC2CCC(C1)S2(=O)=O)n1cc(C2CC2)nn1. The van der Waals surface area contributed by atoms with E-state index in [2.05, 4.69) is 15.6 Å². The van der Waals surface area contributed by atoms with Crippen LogP contribution in [0.3, 0.4) is 0 Å². The van der Waals surface area contributed by atoms with E-state index in [9.17, 15) is 23.1 Å². The zero-order valence-corrected chi connectivity index (χ0v) is 20.9. The number of likely N-dealkylation sites (tertiary alicyclic amines) is 1. The van der Waals surface area contributed by atoms with Gasteiger partial charge in [-0.3, -0.25) is 9.59 Å². The highest BCUT2D eigenvalue weighted by Gasteiger charge is 2.49. The number of rotatable bonds is 5. The maximum Gasteiger partial charge on any atom is 0.248 e. The van der Waals surface area contributed by atoms with Gasteiger partial charge in [0.25, 0.3) is 0 Å². The summed E-state index contributed by atoms with van der Waals surface area (Å²) in [6.07, 6.45) is 5.52. The van der Waals surface area contributed by atoms with Crippen molar-refractivity contribution in [3.63, 3.8) is 0 Å². The topological polar surface area (TPSA) is 134 Å². The summed E-state index contributed by atoms with van der Waals surface area (Å²) in [5.41, 5.74) is 0.400. The third-order valence-electron chi connectivity index (χ3n) is 7.89. The average molecular weight is 494 g/mol. The number of hydrogen-bond donors (Lipinski definition) is 2. The first kappa shape index (κ1) is 23.7. The van der Waals surface area contributed by atoms with Gasteiger partial charge in [-0.15, -0.1) is 5.10 Å². The predicted octanol–water partition coefficient (Wildman–Crippen LogP) is 0.929. The number of aliphatic hydroxyl groups is 1.